The summed E-state index contributed by atoms with van der Waals surface area (Å²) in [6.07, 6.45) is -0.582. The summed E-state index contributed by atoms with van der Waals surface area (Å²) >= 11 is 0. The molecule has 2 rings (SSSR count). The van der Waals surface area contributed by atoms with E-state index in [4.69, 9.17) is 13.8 Å². The molecule has 31 heavy (non-hydrogen) atoms. The molecule has 0 heterocycles. The molecule has 1 amide bonds. The quantitative estimate of drug-likeness (QED) is 0.367. The summed E-state index contributed by atoms with van der Waals surface area (Å²) in [5, 5.41) is 2.68. The summed E-state index contributed by atoms with van der Waals surface area (Å²) in [7, 11) is -3.40. The molecule has 0 radical (unpaired) electrons. The Hall–Kier alpha value is -2.47. The highest BCUT2D eigenvalue weighted by molar-refractivity contribution is 7.53. The zero-order valence-corrected chi connectivity index (χ0v) is 18.9. The average molecular weight is 447 g/mol. The van der Waals surface area contributed by atoms with Gasteiger partial charge < -0.3 is 14.6 Å². The standard InChI is InChI=1S/C23H30NO6P/c1-3-29-31(27,4-2)30-21(17-19-11-7-5-8-12-19)23(26)24-16-15-22(25)28-18-20-13-9-6-10-14-20/h5-14,21H,3-4,15-18H2,1-2H3,(H,24,26)/t21-,31?/m0/s1. The number of nitrogens with one attached hydrogen (secondary N) is 1. The Bertz CT molecular complexity index is 859. The summed E-state index contributed by atoms with van der Waals surface area (Å²) in [4.78, 5) is 24.7. The molecule has 0 saturated heterocycles. The van der Waals surface area contributed by atoms with E-state index in [1.807, 2.05) is 60.7 Å². The fourth-order valence-electron chi connectivity index (χ4n) is 2.80. The predicted octanol–water partition coefficient (Wildman–Crippen LogP) is 4.11. The van der Waals surface area contributed by atoms with Crippen molar-refractivity contribution in [1.29, 1.82) is 0 Å². The Kier molecular flexibility index (Phi) is 10.4. The largest absolute Gasteiger partial charge is 0.461 e. The Morgan fingerprint density at radius 3 is 2.16 bits per heavy atom. The van der Waals surface area contributed by atoms with E-state index in [0.717, 1.165) is 11.1 Å². The lowest BCUT2D eigenvalue weighted by Crippen LogP contribution is -2.38. The monoisotopic (exact) mass is 447 g/mol. The van der Waals surface area contributed by atoms with E-state index in [9.17, 15) is 14.2 Å². The highest BCUT2D eigenvalue weighted by Crippen LogP contribution is 2.49. The SMILES string of the molecule is CCOP(=O)(CC)O[C@@H](Cc1ccccc1)C(=O)NCCC(=O)OCc1ccccc1. The molecule has 8 heteroatoms. The Morgan fingerprint density at radius 2 is 1.58 bits per heavy atom. The van der Waals surface area contributed by atoms with Gasteiger partial charge in [0.25, 0.3) is 0 Å². The van der Waals surface area contributed by atoms with Crippen LogP contribution < -0.4 is 5.32 Å². The van der Waals surface area contributed by atoms with Gasteiger partial charge in [-0.15, -0.1) is 0 Å². The van der Waals surface area contributed by atoms with Gasteiger partial charge in [0.05, 0.1) is 13.0 Å². The van der Waals surface area contributed by atoms with Crippen molar-refractivity contribution in [2.24, 2.45) is 0 Å². The zero-order valence-electron chi connectivity index (χ0n) is 18.0. The first-order valence-corrected chi connectivity index (χ1v) is 12.1. The van der Waals surface area contributed by atoms with Crippen LogP contribution in [0.1, 0.15) is 31.4 Å². The molecule has 2 aromatic carbocycles. The van der Waals surface area contributed by atoms with Gasteiger partial charge in [0, 0.05) is 19.1 Å². The molecule has 0 aliphatic carbocycles. The first-order chi connectivity index (χ1) is 15.0. The van der Waals surface area contributed by atoms with Gasteiger partial charge in [-0.05, 0) is 18.1 Å². The van der Waals surface area contributed by atoms with Crippen molar-refractivity contribution in [2.75, 3.05) is 19.3 Å². The number of amides is 1. The van der Waals surface area contributed by atoms with Crippen LogP contribution in [0.2, 0.25) is 0 Å². The molecule has 0 aliphatic heterocycles. The zero-order chi connectivity index (χ0) is 22.5. The van der Waals surface area contributed by atoms with Gasteiger partial charge in [-0.25, -0.2) is 0 Å². The molecule has 168 valence electrons. The summed E-state index contributed by atoms with van der Waals surface area (Å²) in [6.45, 7) is 3.90. The second-order valence-corrected chi connectivity index (χ2v) is 9.14. The van der Waals surface area contributed by atoms with Crippen LogP contribution in [0.3, 0.4) is 0 Å². The fourth-order valence-corrected chi connectivity index (χ4v) is 4.15. The van der Waals surface area contributed by atoms with Crippen LogP contribution in [0.4, 0.5) is 0 Å². The summed E-state index contributed by atoms with van der Waals surface area (Å²) < 4.78 is 29.0. The van der Waals surface area contributed by atoms with Gasteiger partial charge in [0.15, 0.2) is 0 Å². The normalized spacial score (nSPS) is 13.7. The van der Waals surface area contributed by atoms with Gasteiger partial charge in [-0.2, -0.15) is 0 Å². The maximum atomic E-state index is 12.8. The van der Waals surface area contributed by atoms with Crippen LogP contribution in [0.25, 0.3) is 0 Å². The number of carbonyl (C=O) groups excluding carboxylic acids is 2. The van der Waals surface area contributed by atoms with Crippen molar-refractivity contribution in [3.8, 4) is 0 Å². The van der Waals surface area contributed by atoms with Crippen molar-refractivity contribution in [1.82, 2.24) is 5.32 Å². The van der Waals surface area contributed by atoms with Crippen molar-refractivity contribution < 1.29 is 27.9 Å². The Balaban J connectivity index is 1.90. The lowest BCUT2D eigenvalue weighted by Gasteiger charge is -2.23. The first kappa shape index (κ1) is 24.8. The van der Waals surface area contributed by atoms with Crippen LogP contribution in [-0.2, 0) is 41.0 Å². The number of hydrogen-bond donors (Lipinski definition) is 1. The number of hydrogen-bond acceptors (Lipinski definition) is 6. The second-order valence-electron chi connectivity index (χ2n) is 6.82. The first-order valence-electron chi connectivity index (χ1n) is 10.4. The van der Waals surface area contributed by atoms with Crippen molar-refractivity contribution in [3.05, 3.63) is 71.8 Å². The minimum Gasteiger partial charge on any atom is -0.461 e. The Labute approximate surface area is 183 Å². The molecule has 2 aromatic rings. The van der Waals surface area contributed by atoms with Gasteiger partial charge in [-0.3, -0.25) is 18.7 Å². The summed E-state index contributed by atoms with van der Waals surface area (Å²) in [5.41, 5.74) is 1.76. The van der Waals surface area contributed by atoms with E-state index in [1.54, 1.807) is 13.8 Å². The maximum absolute atomic E-state index is 12.8. The van der Waals surface area contributed by atoms with Gasteiger partial charge in [0.2, 0.25) is 5.91 Å². The predicted molar refractivity (Wildman–Crippen MR) is 119 cm³/mol. The fraction of sp³-hybridized carbons (Fsp3) is 0.391. The molecule has 0 aromatic heterocycles. The van der Waals surface area contributed by atoms with E-state index in [2.05, 4.69) is 5.32 Å². The van der Waals surface area contributed by atoms with Crippen LogP contribution in [-0.4, -0.2) is 37.3 Å². The maximum Gasteiger partial charge on any atom is 0.331 e. The van der Waals surface area contributed by atoms with E-state index in [1.165, 1.54) is 0 Å². The van der Waals surface area contributed by atoms with Gasteiger partial charge >= 0.3 is 13.6 Å². The van der Waals surface area contributed by atoms with Crippen LogP contribution >= 0.6 is 7.60 Å². The van der Waals surface area contributed by atoms with Crippen LogP contribution in [0, 0.1) is 0 Å². The molecule has 0 aliphatic rings. The number of carbonyl (C=O) groups is 2. The molecule has 7 nitrogen and oxygen atoms in total. The number of benzene rings is 2. The molecule has 2 atom stereocenters. The topological polar surface area (TPSA) is 90.9 Å². The number of ether oxygens (including phenoxy) is 1. The third-order valence-corrected chi connectivity index (χ3v) is 6.43. The van der Waals surface area contributed by atoms with E-state index in [0.29, 0.717) is 0 Å². The van der Waals surface area contributed by atoms with Crippen molar-refractivity contribution in [2.45, 2.75) is 39.4 Å². The molecular weight excluding hydrogens is 417 g/mol. The van der Waals surface area contributed by atoms with Crippen LogP contribution in [0.5, 0.6) is 0 Å². The highest BCUT2D eigenvalue weighted by Gasteiger charge is 2.31. The molecule has 0 spiro atoms. The number of rotatable bonds is 13. The lowest BCUT2D eigenvalue weighted by atomic mass is 10.1. The molecule has 1 N–H and O–H groups in total. The van der Waals surface area contributed by atoms with Crippen LogP contribution in [0.15, 0.2) is 60.7 Å². The summed E-state index contributed by atoms with van der Waals surface area (Å²) in [5.74, 6) is -0.869. The lowest BCUT2D eigenvalue weighted by molar-refractivity contribution is -0.144. The molecule has 0 saturated carbocycles. The third-order valence-electron chi connectivity index (χ3n) is 4.43. The van der Waals surface area contributed by atoms with Gasteiger partial charge in [-0.1, -0.05) is 67.6 Å². The average Bonchev–Trinajstić information content (AvgIpc) is 2.79. The van der Waals surface area contributed by atoms with E-state index in [-0.39, 0.29) is 38.8 Å². The molecular formula is C23H30NO6P. The van der Waals surface area contributed by atoms with Crippen molar-refractivity contribution in [3.63, 3.8) is 0 Å². The second kappa shape index (κ2) is 13.1. The van der Waals surface area contributed by atoms with Gasteiger partial charge in [0.1, 0.15) is 12.7 Å². The van der Waals surface area contributed by atoms with E-state index < -0.39 is 25.6 Å². The third kappa shape index (κ3) is 9.05. The highest BCUT2D eigenvalue weighted by atomic mass is 31.2. The molecule has 1 unspecified atom stereocenters. The molecule has 0 bridgehead atoms. The van der Waals surface area contributed by atoms with Crippen molar-refractivity contribution >= 4 is 19.5 Å². The smallest absolute Gasteiger partial charge is 0.331 e. The van der Waals surface area contributed by atoms with E-state index >= 15 is 0 Å². The minimum absolute atomic E-state index is 0.0214. The Morgan fingerprint density at radius 1 is 0.968 bits per heavy atom. The minimum atomic E-state index is -3.40. The summed E-state index contributed by atoms with van der Waals surface area (Å²) in [6, 6.07) is 18.7. The number of esters is 1. The molecule has 0 fully saturated rings.